The first kappa shape index (κ1) is 37.2. The molecule has 3 rings (SSSR count). The first-order valence-electron chi connectivity index (χ1n) is 18.0. The van der Waals surface area contributed by atoms with Gasteiger partial charge in [-0.05, 0) is 68.5 Å². The van der Waals surface area contributed by atoms with E-state index in [2.05, 4.69) is 48.1 Å². The molecule has 0 N–H and O–H groups in total. The summed E-state index contributed by atoms with van der Waals surface area (Å²) in [5, 5.41) is 0. The van der Waals surface area contributed by atoms with E-state index < -0.39 is 6.10 Å². The molecule has 3 aromatic rings. The molecular weight excluding hydrogens is 572 g/mol. The number of aryl methyl sites for hydroxylation is 1. The molecule has 2 aromatic carbocycles. The predicted molar refractivity (Wildman–Crippen MR) is 189 cm³/mol. The molecule has 0 bridgehead atoms. The van der Waals surface area contributed by atoms with E-state index in [4.69, 9.17) is 14.2 Å². The van der Waals surface area contributed by atoms with Gasteiger partial charge in [-0.3, -0.25) is 0 Å². The van der Waals surface area contributed by atoms with Gasteiger partial charge in [0.05, 0.1) is 0 Å². The number of ether oxygens (including phenoxy) is 3. The Balaban J connectivity index is 1.35. The van der Waals surface area contributed by atoms with Gasteiger partial charge in [0.1, 0.15) is 18.5 Å². The van der Waals surface area contributed by atoms with Gasteiger partial charge in [0.2, 0.25) is 0 Å². The minimum Gasteiger partial charge on any atom is -0.490 e. The van der Waals surface area contributed by atoms with Crippen LogP contribution in [0.15, 0.2) is 60.9 Å². The van der Waals surface area contributed by atoms with Crippen LogP contribution >= 0.6 is 0 Å². The molecule has 0 aliphatic heterocycles. The van der Waals surface area contributed by atoms with Crippen molar-refractivity contribution in [2.45, 2.75) is 136 Å². The maximum Gasteiger partial charge on any atom is 0.335 e. The van der Waals surface area contributed by atoms with Crippen LogP contribution in [0.5, 0.6) is 5.75 Å². The Hall–Kier alpha value is -3.25. The maximum absolute atomic E-state index is 12.3. The third-order valence-electron chi connectivity index (χ3n) is 8.37. The number of carbonyl (C=O) groups excluding carboxylic acids is 1. The van der Waals surface area contributed by atoms with Crippen molar-refractivity contribution in [3.05, 3.63) is 66.5 Å². The SMILES string of the molecule is CCCCCCCCCCCCCc1ccc(-c2cnc(-c3ccc(OCC(C)OC(=O)C(C)OCCCCC)cc3)nc2)cc1. The minimum atomic E-state index is -0.576. The molecule has 0 aliphatic carbocycles. The number of nitrogens with zero attached hydrogens (tertiary/aromatic N) is 2. The van der Waals surface area contributed by atoms with E-state index in [9.17, 15) is 4.79 Å². The molecule has 0 amide bonds. The normalized spacial score (nSPS) is 12.5. The highest BCUT2D eigenvalue weighted by Gasteiger charge is 2.18. The second kappa shape index (κ2) is 22.3. The number of rotatable bonds is 24. The molecular formula is C40H58N2O4. The Labute approximate surface area is 278 Å². The lowest BCUT2D eigenvalue weighted by atomic mass is 10.0. The summed E-state index contributed by atoms with van der Waals surface area (Å²) in [7, 11) is 0. The summed E-state index contributed by atoms with van der Waals surface area (Å²) in [4.78, 5) is 21.5. The molecule has 46 heavy (non-hydrogen) atoms. The molecule has 0 saturated heterocycles. The van der Waals surface area contributed by atoms with Crippen molar-refractivity contribution in [1.82, 2.24) is 9.97 Å². The number of benzene rings is 2. The maximum atomic E-state index is 12.3. The Morgan fingerprint density at radius 3 is 1.80 bits per heavy atom. The highest BCUT2D eigenvalue weighted by atomic mass is 16.6. The Kier molecular flexibility index (Phi) is 18.0. The van der Waals surface area contributed by atoms with Crippen molar-refractivity contribution in [3.63, 3.8) is 0 Å². The largest absolute Gasteiger partial charge is 0.490 e. The first-order chi connectivity index (χ1) is 22.5. The lowest BCUT2D eigenvalue weighted by molar-refractivity contribution is -0.162. The van der Waals surface area contributed by atoms with Gasteiger partial charge in [-0.2, -0.15) is 0 Å². The average molecular weight is 631 g/mol. The summed E-state index contributed by atoms with van der Waals surface area (Å²) in [5.41, 5.74) is 4.45. The van der Waals surface area contributed by atoms with E-state index in [1.54, 1.807) is 6.92 Å². The molecule has 0 radical (unpaired) electrons. The molecule has 0 spiro atoms. The van der Waals surface area contributed by atoms with Gasteiger partial charge in [-0.1, -0.05) is 115 Å². The van der Waals surface area contributed by atoms with E-state index in [0.717, 1.165) is 42.4 Å². The van der Waals surface area contributed by atoms with Crippen LogP contribution < -0.4 is 4.74 Å². The number of aromatic nitrogens is 2. The van der Waals surface area contributed by atoms with Crippen LogP contribution in [0.3, 0.4) is 0 Å². The van der Waals surface area contributed by atoms with Crippen LogP contribution in [0, 0.1) is 0 Å². The predicted octanol–water partition coefficient (Wildman–Crippen LogP) is 10.6. The fourth-order valence-electron chi connectivity index (χ4n) is 5.41. The summed E-state index contributed by atoms with van der Waals surface area (Å²) in [6, 6.07) is 16.5. The van der Waals surface area contributed by atoms with Gasteiger partial charge in [0.25, 0.3) is 0 Å². The third kappa shape index (κ3) is 14.5. The number of carbonyl (C=O) groups is 1. The highest BCUT2D eigenvalue weighted by Crippen LogP contribution is 2.23. The molecule has 2 atom stereocenters. The lowest BCUT2D eigenvalue weighted by Gasteiger charge is -2.18. The second-order valence-electron chi connectivity index (χ2n) is 12.6. The summed E-state index contributed by atoms with van der Waals surface area (Å²) in [6.45, 7) is 8.79. The summed E-state index contributed by atoms with van der Waals surface area (Å²) >= 11 is 0. The van der Waals surface area contributed by atoms with E-state index in [1.807, 2.05) is 43.6 Å². The highest BCUT2D eigenvalue weighted by molar-refractivity contribution is 5.74. The van der Waals surface area contributed by atoms with Gasteiger partial charge in [-0.15, -0.1) is 0 Å². The first-order valence-corrected chi connectivity index (χ1v) is 18.0. The Bertz CT molecular complexity index is 1210. The van der Waals surface area contributed by atoms with E-state index in [1.165, 1.54) is 76.2 Å². The van der Waals surface area contributed by atoms with Crippen LogP contribution in [0.25, 0.3) is 22.5 Å². The van der Waals surface area contributed by atoms with Crippen LogP contribution in [0.4, 0.5) is 0 Å². The van der Waals surface area contributed by atoms with Gasteiger partial charge in [0, 0.05) is 30.1 Å². The van der Waals surface area contributed by atoms with Crippen molar-refractivity contribution in [3.8, 4) is 28.3 Å². The molecule has 0 aliphatic rings. The summed E-state index contributed by atoms with van der Waals surface area (Å²) < 4.78 is 16.9. The summed E-state index contributed by atoms with van der Waals surface area (Å²) in [5.74, 6) is 0.998. The molecule has 6 heteroatoms. The number of hydrogen-bond donors (Lipinski definition) is 0. The van der Waals surface area contributed by atoms with Gasteiger partial charge in [0.15, 0.2) is 11.9 Å². The van der Waals surface area contributed by atoms with Crippen molar-refractivity contribution in [1.29, 1.82) is 0 Å². The van der Waals surface area contributed by atoms with Crippen molar-refractivity contribution < 1.29 is 19.0 Å². The van der Waals surface area contributed by atoms with Gasteiger partial charge in [-0.25, -0.2) is 14.8 Å². The van der Waals surface area contributed by atoms with E-state index in [-0.39, 0.29) is 18.7 Å². The minimum absolute atomic E-state index is 0.261. The van der Waals surface area contributed by atoms with Gasteiger partial charge >= 0.3 is 5.97 Å². The van der Waals surface area contributed by atoms with Crippen LogP contribution in [-0.4, -0.2) is 41.4 Å². The molecule has 6 nitrogen and oxygen atoms in total. The smallest absolute Gasteiger partial charge is 0.335 e. The summed E-state index contributed by atoms with van der Waals surface area (Å²) in [6.07, 6.45) is 22.2. The average Bonchev–Trinajstić information content (AvgIpc) is 3.08. The van der Waals surface area contributed by atoms with Crippen LogP contribution in [0.2, 0.25) is 0 Å². The lowest BCUT2D eigenvalue weighted by Crippen LogP contribution is -2.30. The Morgan fingerprint density at radius 2 is 1.20 bits per heavy atom. The van der Waals surface area contributed by atoms with E-state index in [0.29, 0.717) is 18.2 Å². The van der Waals surface area contributed by atoms with Crippen LogP contribution in [0.1, 0.15) is 123 Å². The van der Waals surface area contributed by atoms with Crippen molar-refractivity contribution in [2.24, 2.45) is 0 Å². The Morgan fingerprint density at radius 1 is 0.652 bits per heavy atom. The molecule has 1 heterocycles. The standard InChI is InChI=1S/C40H58N2O4/c1-5-7-9-10-11-12-13-14-15-16-17-19-34-20-22-35(23-21-34)37-29-41-39(42-30-37)36-24-26-38(27-25-36)45-31-32(3)46-40(43)33(4)44-28-18-8-6-2/h20-27,29-30,32-33H,5-19,28,31H2,1-4H3. The number of hydrogen-bond acceptors (Lipinski definition) is 6. The van der Waals surface area contributed by atoms with Gasteiger partial charge < -0.3 is 14.2 Å². The monoisotopic (exact) mass is 630 g/mol. The zero-order chi connectivity index (χ0) is 32.8. The third-order valence-corrected chi connectivity index (χ3v) is 8.37. The fourth-order valence-corrected chi connectivity index (χ4v) is 5.41. The molecule has 2 unspecified atom stereocenters. The number of esters is 1. The second-order valence-corrected chi connectivity index (χ2v) is 12.6. The quantitative estimate of drug-likeness (QED) is 0.0724. The zero-order valence-electron chi connectivity index (χ0n) is 29.0. The molecule has 0 fully saturated rings. The fraction of sp³-hybridized carbons (Fsp3) is 0.575. The molecule has 252 valence electrons. The number of unbranched alkanes of at least 4 members (excludes halogenated alkanes) is 12. The molecule has 1 aromatic heterocycles. The van der Waals surface area contributed by atoms with E-state index >= 15 is 0 Å². The van der Waals surface area contributed by atoms with Crippen molar-refractivity contribution >= 4 is 5.97 Å². The van der Waals surface area contributed by atoms with Crippen molar-refractivity contribution in [2.75, 3.05) is 13.2 Å². The topological polar surface area (TPSA) is 70.5 Å². The molecule has 0 saturated carbocycles. The van der Waals surface area contributed by atoms with Crippen LogP contribution in [-0.2, 0) is 20.7 Å². The zero-order valence-corrected chi connectivity index (χ0v) is 29.0.